The lowest BCUT2D eigenvalue weighted by molar-refractivity contribution is -0.192. The Bertz CT molecular complexity index is 1280. The van der Waals surface area contributed by atoms with Crippen molar-refractivity contribution in [2.24, 2.45) is 0 Å². The minimum Gasteiger partial charge on any atom is -0.475 e. The Balaban J connectivity index is 0.000000308. The summed E-state index contributed by atoms with van der Waals surface area (Å²) < 4.78 is 58.8. The van der Waals surface area contributed by atoms with Crippen LogP contribution in [0.3, 0.4) is 0 Å². The van der Waals surface area contributed by atoms with Crippen LogP contribution in [-0.2, 0) is 21.4 Å². The molecule has 2 aromatic carbocycles. The van der Waals surface area contributed by atoms with Crippen molar-refractivity contribution in [2.45, 2.75) is 29.8 Å². The number of alkyl halides is 3. The van der Waals surface area contributed by atoms with Crippen LogP contribution in [0.4, 0.5) is 13.2 Å². The second-order valence-electron chi connectivity index (χ2n) is 8.24. The minimum atomic E-state index is -5.08. The van der Waals surface area contributed by atoms with Crippen molar-refractivity contribution in [3.05, 3.63) is 66.4 Å². The molecule has 1 aromatic heterocycles. The molecule has 0 atom stereocenters. The highest BCUT2D eigenvalue weighted by Gasteiger charge is 2.38. The van der Waals surface area contributed by atoms with E-state index in [1.807, 2.05) is 24.3 Å². The van der Waals surface area contributed by atoms with Gasteiger partial charge in [0.1, 0.15) is 0 Å². The van der Waals surface area contributed by atoms with Gasteiger partial charge in [-0.3, -0.25) is 4.90 Å². The van der Waals surface area contributed by atoms with Gasteiger partial charge in [0.15, 0.2) is 0 Å². The monoisotopic (exact) mass is 565 g/mol. The Labute approximate surface area is 217 Å². The van der Waals surface area contributed by atoms with Gasteiger partial charge in [0.05, 0.1) is 22.6 Å². The fourth-order valence-corrected chi connectivity index (χ4v) is 4.81. The van der Waals surface area contributed by atoms with Crippen molar-refractivity contribution in [3.8, 4) is 0 Å². The Hall–Kier alpha value is -2.68. The molecule has 0 saturated carbocycles. The number of halogens is 4. The number of β-amino-alcohol motifs (C(OH)–C–C–N with tert-alkyl or cyclic N) is 2. The van der Waals surface area contributed by atoms with Crippen molar-refractivity contribution >= 4 is 39.3 Å². The summed E-state index contributed by atoms with van der Waals surface area (Å²) in [6, 6.07) is 16.0. The molecule has 0 bridgehead atoms. The van der Waals surface area contributed by atoms with E-state index >= 15 is 0 Å². The first-order chi connectivity index (χ1) is 16.9. The highest BCUT2D eigenvalue weighted by atomic mass is 35.5. The molecule has 3 aromatic rings. The molecule has 2 aliphatic heterocycles. The highest BCUT2D eigenvalue weighted by molar-refractivity contribution is 7.90. The predicted molar refractivity (Wildman–Crippen MR) is 132 cm³/mol. The summed E-state index contributed by atoms with van der Waals surface area (Å²) in [7, 11) is -3.60. The van der Waals surface area contributed by atoms with E-state index in [1.165, 1.54) is 3.97 Å². The number of aliphatic carboxylic acids is 1. The summed E-state index contributed by atoms with van der Waals surface area (Å²) in [6.45, 7) is 3.63. The van der Waals surface area contributed by atoms with E-state index in [2.05, 4.69) is 10.2 Å². The molecule has 204 valence electrons. The third-order valence-electron chi connectivity index (χ3n) is 5.42. The molecule has 0 aliphatic carbocycles. The number of hydrogen-bond acceptors (Lipinski definition) is 7. The Morgan fingerprint density at radius 3 is 2.00 bits per heavy atom. The van der Waals surface area contributed by atoms with E-state index in [0.717, 1.165) is 24.0 Å². The third-order valence-corrected chi connectivity index (χ3v) is 7.13. The van der Waals surface area contributed by atoms with Crippen LogP contribution in [0.25, 0.3) is 10.9 Å². The first-order valence-electron chi connectivity index (χ1n) is 10.9. The summed E-state index contributed by atoms with van der Waals surface area (Å²) in [6.07, 6.45) is -3.76. The normalized spacial score (nSPS) is 16.2. The zero-order chi connectivity index (χ0) is 26.5. The number of carboxylic acids is 1. The molecule has 2 fully saturated rings. The van der Waals surface area contributed by atoms with Crippen LogP contribution in [0, 0.1) is 0 Å². The fourth-order valence-electron chi connectivity index (χ4n) is 3.45. The van der Waals surface area contributed by atoms with Crippen LogP contribution in [0.2, 0.25) is 0 Å². The van der Waals surface area contributed by atoms with Crippen molar-refractivity contribution < 1.29 is 41.7 Å². The summed E-state index contributed by atoms with van der Waals surface area (Å²) in [5, 5.41) is 28.8. The smallest absolute Gasteiger partial charge is 0.475 e. The summed E-state index contributed by atoms with van der Waals surface area (Å²) in [4.78, 5) is 11.3. The quantitative estimate of drug-likeness (QED) is 0.378. The Morgan fingerprint density at radius 1 is 0.973 bits per heavy atom. The molecule has 0 radical (unpaired) electrons. The number of aliphatic hydroxyl groups excluding tert-OH is 2. The van der Waals surface area contributed by atoms with Crippen LogP contribution in [0.15, 0.2) is 65.7 Å². The predicted octanol–water partition coefficient (Wildman–Crippen LogP) is 2.06. The van der Waals surface area contributed by atoms with E-state index in [9.17, 15) is 26.7 Å². The summed E-state index contributed by atoms with van der Waals surface area (Å²) >= 11 is 0. The van der Waals surface area contributed by atoms with Crippen molar-refractivity contribution in [3.63, 3.8) is 0 Å². The number of benzene rings is 2. The standard InChI is InChI=1S/C18H18N2O3S.C3H7NO.C2HF3O2.ClH/c21-15-12-19(13-15)11-14-5-4-8-18-17(14)9-10-20(18)24(22,23)16-6-2-1-3-7-16;5-3-1-4-2-3;3-2(4,5)1(6)7;/h1-10,15,21H,11-13H2;3-5H,1-2H2;(H,6,7);1H. The van der Waals surface area contributed by atoms with Gasteiger partial charge in [0.25, 0.3) is 10.0 Å². The first kappa shape index (κ1) is 30.5. The van der Waals surface area contributed by atoms with E-state index < -0.39 is 22.2 Å². The number of carboxylic acid groups (broad SMARTS) is 1. The Kier molecular flexibility index (Phi) is 10.5. The number of fused-ring (bicyclic) bond motifs is 1. The maximum absolute atomic E-state index is 12.9. The van der Waals surface area contributed by atoms with Gasteiger partial charge in [0, 0.05) is 44.3 Å². The first-order valence-corrected chi connectivity index (χ1v) is 12.3. The van der Waals surface area contributed by atoms with Gasteiger partial charge in [-0.1, -0.05) is 30.3 Å². The van der Waals surface area contributed by atoms with Gasteiger partial charge in [-0.25, -0.2) is 17.2 Å². The molecule has 0 amide bonds. The van der Waals surface area contributed by atoms with Crippen LogP contribution in [0.1, 0.15) is 5.56 Å². The number of carbonyl (C=O) groups is 1. The van der Waals surface area contributed by atoms with Crippen LogP contribution in [-0.4, -0.2) is 83.1 Å². The van der Waals surface area contributed by atoms with Gasteiger partial charge in [-0.05, 0) is 29.8 Å². The number of rotatable bonds is 4. The molecule has 3 heterocycles. The lowest BCUT2D eigenvalue weighted by Crippen LogP contribution is -2.49. The largest absolute Gasteiger partial charge is 0.490 e. The lowest BCUT2D eigenvalue weighted by atomic mass is 10.1. The zero-order valence-electron chi connectivity index (χ0n) is 19.4. The van der Waals surface area contributed by atoms with Crippen LogP contribution < -0.4 is 5.32 Å². The Morgan fingerprint density at radius 2 is 1.54 bits per heavy atom. The number of aromatic nitrogens is 1. The van der Waals surface area contributed by atoms with Crippen LogP contribution >= 0.6 is 12.4 Å². The zero-order valence-corrected chi connectivity index (χ0v) is 21.0. The van der Waals surface area contributed by atoms with Gasteiger partial charge >= 0.3 is 12.1 Å². The lowest BCUT2D eigenvalue weighted by Gasteiger charge is -2.35. The van der Waals surface area contributed by atoms with E-state index in [4.69, 9.17) is 15.0 Å². The van der Waals surface area contributed by atoms with Crippen molar-refractivity contribution in [1.29, 1.82) is 0 Å². The average molecular weight is 566 g/mol. The van der Waals surface area contributed by atoms with Gasteiger partial charge in [-0.15, -0.1) is 12.4 Å². The van der Waals surface area contributed by atoms with Gasteiger partial charge in [-0.2, -0.15) is 13.2 Å². The van der Waals surface area contributed by atoms with Crippen molar-refractivity contribution in [2.75, 3.05) is 26.2 Å². The average Bonchev–Trinajstić information content (AvgIpc) is 3.23. The van der Waals surface area contributed by atoms with Crippen LogP contribution in [0.5, 0.6) is 0 Å². The molecule has 0 spiro atoms. The molecule has 5 rings (SSSR count). The second kappa shape index (κ2) is 12.7. The number of likely N-dealkylation sites (tertiary alicyclic amines) is 1. The molecule has 9 nitrogen and oxygen atoms in total. The molecule has 2 aliphatic rings. The van der Waals surface area contributed by atoms with Crippen molar-refractivity contribution in [1.82, 2.24) is 14.2 Å². The number of nitrogens with one attached hydrogen (secondary N) is 1. The number of hydrogen-bond donors (Lipinski definition) is 4. The molecular formula is C23H27ClF3N3O6S. The summed E-state index contributed by atoms with van der Waals surface area (Å²) in [5.41, 5.74) is 1.75. The van der Waals surface area contributed by atoms with E-state index in [-0.39, 0.29) is 29.5 Å². The third kappa shape index (κ3) is 7.90. The fraction of sp³-hybridized carbons (Fsp3) is 0.348. The SMILES string of the molecule is Cl.O=C(O)C(F)(F)F.O=S(=O)(c1ccccc1)n1ccc2c(CN3CC(O)C3)cccc21.OC1CNC1. The molecule has 2 saturated heterocycles. The van der Waals surface area contributed by atoms with E-state index in [0.29, 0.717) is 25.2 Å². The molecular weight excluding hydrogens is 539 g/mol. The van der Waals surface area contributed by atoms with Gasteiger partial charge in [0.2, 0.25) is 0 Å². The highest BCUT2D eigenvalue weighted by Crippen LogP contribution is 2.26. The number of aliphatic hydroxyl groups is 2. The molecule has 4 N–H and O–H groups in total. The maximum atomic E-state index is 12.9. The molecule has 0 unspecified atom stereocenters. The molecule has 14 heteroatoms. The minimum absolute atomic E-state index is 0. The second-order valence-corrected chi connectivity index (χ2v) is 10.1. The number of nitrogens with zero attached hydrogens (tertiary/aromatic N) is 2. The molecule has 37 heavy (non-hydrogen) atoms. The topological polar surface area (TPSA) is 132 Å². The summed E-state index contributed by atoms with van der Waals surface area (Å²) in [5.74, 6) is -2.76. The van der Waals surface area contributed by atoms with Gasteiger partial charge < -0.3 is 20.6 Å². The van der Waals surface area contributed by atoms with E-state index in [1.54, 1.807) is 36.5 Å². The maximum Gasteiger partial charge on any atom is 0.490 e.